The number of hydrogen-bond donors (Lipinski definition) is 1. The predicted octanol–water partition coefficient (Wildman–Crippen LogP) is 2.08. The topological polar surface area (TPSA) is 41.0 Å². The molecule has 1 aliphatic rings. The molecular weight excluding hydrogens is 224 g/mol. The van der Waals surface area contributed by atoms with Crippen molar-refractivity contribution in [3.8, 4) is 0 Å². The van der Waals surface area contributed by atoms with Crippen LogP contribution >= 0.6 is 0 Å². The Bertz CT molecular complexity index is 339. The first-order valence-electron chi connectivity index (χ1n) is 7.00. The van der Waals surface area contributed by atoms with E-state index in [2.05, 4.69) is 34.0 Å². The molecule has 1 fully saturated rings. The molecule has 100 valence electrons. The molecule has 1 saturated heterocycles. The highest BCUT2D eigenvalue weighted by Gasteiger charge is 2.22. The quantitative estimate of drug-likeness (QED) is 0.866. The second-order valence-corrected chi connectivity index (χ2v) is 5.46. The fourth-order valence-electron chi connectivity index (χ4n) is 2.51. The van der Waals surface area contributed by atoms with E-state index in [-0.39, 0.29) is 0 Å². The highest BCUT2D eigenvalue weighted by molar-refractivity contribution is 5.38. The van der Waals surface area contributed by atoms with Crippen LogP contribution in [0.25, 0.3) is 0 Å². The summed E-state index contributed by atoms with van der Waals surface area (Å²) in [4.78, 5) is 10.8. The molecule has 1 unspecified atom stereocenters. The zero-order valence-corrected chi connectivity index (χ0v) is 11.5. The van der Waals surface area contributed by atoms with Crippen molar-refractivity contribution in [2.45, 2.75) is 39.2 Å². The molecule has 1 aromatic heterocycles. The SMILES string of the molecule is CC(C)CNCC1CCCCN1c1ccncn1. The van der Waals surface area contributed by atoms with Crippen LogP contribution in [0.2, 0.25) is 0 Å². The molecule has 0 amide bonds. The van der Waals surface area contributed by atoms with Crippen LogP contribution in [-0.4, -0.2) is 35.6 Å². The summed E-state index contributed by atoms with van der Waals surface area (Å²) in [5.74, 6) is 1.78. The molecule has 0 bridgehead atoms. The van der Waals surface area contributed by atoms with E-state index >= 15 is 0 Å². The highest BCUT2D eigenvalue weighted by atomic mass is 15.2. The minimum Gasteiger partial charge on any atom is -0.352 e. The standard InChI is InChI=1S/C14H24N4/c1-12(2)9-16-10-13-5-3-4-8-18(13)14-6-7-15-11-17-14/h6-7,11-13,16H,3-5,8-10H2,1-2H3. The summed E-state index contributed by atoms with van der Waals surface area (Å²) in [5.41, 5.74) is 0. The van der Waals surface area contributed by atoms with Gasteiger partial charge in [-0.15, -0.1) is 0 Å². The zero-order valence-electron chi connectivity index (χ0n) is 11.5. The van der Waals surface area contributed by atoms with E-state index in [0.29, 0.717) is 12.0 Å². The van der Waals surface area contributed by atoms with Crippen molar-refractivity contribution in [1.29, 1.82) is 0 Å². The van der Waals surface area contributed by atoms with E-state index in [9.17, 15) is 0 Å². The van der Waals surface area contributed by atoms with Crippen LogP contribution in [0.5, 0.6) is 0 Å². The number of hydrogen-bond acceptors (Lipinski definition) is 4. The van der Waals surface area contributed by atoms with Gasteiger partial charge in [0.15, 0.2) is 0 Å². The Morgan fingerprint density at radius 1 is 1.44 bits per heavy atom. The first kappa shape index (κ1) is 13.3. The molecule has 1 atom stereocenters. The largest absolute Gasteiger partial charge is 0.352 e. The van der Waals surface area contributed by atoms with Gasteiger partial charge in [0.25, 0.3) is 0 Å². The second kappa shape index (κ2) is 6.69. The lowest BCUT2D eigenvalue weighted by atomic mass is 10.0. The first-order chi connectivity index (χ1) is 8.77. The molecule has 18 heavy (non-hydrogen) atoms. The van der Waals surface area contributed by atoms with Crippen molar-refractivity contribution >= 4 is 5.82 Å². The Morgan fingerprint density at radius 2 is 2.33 bits per heavy atom. The number of rotatable bonds is 5. The van der Waals surface area contributed by atoms with Gasteiger partial charge in [-0.05, 0) is 37.8 Å². The predicted molar refractivity (Wildman–Crippen MR) is 74.7 cm³/mol. The smallest absolute Gasteiger partial charge is 0.132 e. The van der Waals surface area contributed by atoms with Gasteiger partial charge in [0, 0.05) is 25.3 Å². The summed E-state index contributed by atoms with van der Waals surface area (Å²) < 4.78 is 0. The normalized spacial score (nSPS) is 20.4. The summed E-state index contributed by atoms with van der Waals surface area (Å²) in [6.07, 6.45) is 7.33. The molecule has 0 radical (unpaired) electrons. The number of aromatic nitrogens is 2. The van der Waals surface area contributed by atoms with Crippen molar-refractivity contribution < 1.29 is 0 Å². The summed E-state index contributed by atoms with van der Waals surface area (Å²) in [6.45, 7) is 7.76. The van der Waals surface area contributed by atoms with Gasteiger partial charge in [-0.25, -0.2) is 9.97 Å². The van der Waals surface area contributed by atoms with Gasteiger partial charge in [0.2, 0.25) is 0 Å². The van der Waals surface area contributed by atoms with E-state index in [0.717, 1.165) is 25.5 Å². The summed E-state index contributed by atoms with van der Waals surface area (Å²) in [5, 5.41) is 3.57. The molecule has 0 saturated carbocycles. The third-order valence-corrected chi connectivity index (χ3v) is 3.42. The Labute approximate surface area is 110 Å². The summed E-state index contributed by atoms with van der Waals surface area (Å²) in [6, 6.07) is 2.59. The Balaban J connectivity index is 1.94. The van der Waals surface area contributed by atoms with E-state index in [1.54, 1.807) is 6.33 Å². The van der Waals surface area contributed by atoms with E-state index < -0.39 is 0 Å². The van der Waals surface area contributed by atoms with Crippen LogP contribution < -0.4 is 10.2 Å². The van der Waals surface area contributed by atoms with Gasteiger partial charge in [-0.1, -0.05) is 13.8 Å². The first-order valence-corrected chi connectivity index (χ1v) is 7.00. The Hall–Kier alpha value is -1.16. The molecule has 0 aliphatic carbocycles. The Kier molecular flexibility index (Phi) is 4.93. The van der Waals surface area contributed by atoms with Crippen molar-refractivity contribution in [3.63, 3.8) is 0 Å². The third-order valence-electron chi connectivity index (χ3n) is 3.42. The fraction of sp³-hybridized carbons (Fsp3) is 0.714. The van der Waals surface area contributed by atoms with E-state index in [1.807, 2.05) is 12.3 Å². The highest BCUT2D eigenvalue weighted by Crippen LogP contribution is 2.21. The molecule has 0 spiro atoms. The monoisotopic (exact) mass is 248 g/mol. The molecule has 2 rings (SSSR count). The van der Waals surface area contributed by atoms with Gasteiger partial charge in [-0.2, -0.15) is 0 Å². The lowest BCUT2D eigenvalue weighted by Crippen LogP contribution is -2.46. The van der Waals surface area contributed by atoms with Gasteiger partial charge < -0.3 is 10.2 Å². The van der Waals surface area contributed by atoms with Gasteiger partial charge >= 0.3 is 0 Å². The summed E-state index contributed by atoms with van der Waals surface area (Å²) >= 11 is 0. The number of piperidine rings is 1. The average Bonchev–Trinajstić information content (AvgIpc) is 2.40. The molecule has 1 aromatic rings. The molecule has 1 aliphatic heterocycles. The van der Waals surface area contributed by atoms with Crippen LogP contribution in [0.1, 0.15) is 33.1 Å². The zero-order chi connectivity index (χ0) is 12.8. The van der Waals surface area contributed by atoms with E-state index in [1.165, 1.54) is 19.3 Å². The third kappa shape index (κ3) is 3.67. The molecule has 4 heteroatoms. The number of anilines is 1. The maximum absolute atomic E-state index is 4.38. The fourth-order valence-corrected chi connectivity index (χ4v) is 2.51. The van der Waals surface area contributed by atoms with Crippen molar-refractivity contribution in [3.05, 3.63) is 18.6 Å². The van der Waals surface area contributed by atoms with Crippen molar-refractivity contribution in [2.24, 2.45) is 5.92 Å². The lowest BCUT2D eigenvalue weighted by molar-refractivity contribution is 0.420. The minimum atomic E-state index is 0.576. The lowest BCUT2D eigenvalue weighted by Gasteiger charge is -2.36. The van der Waals surface area contributed by atoms with Crippen LogP contribution in [0, 0.1) is 5.92 Å². The van der Waals surface area contributed by atoms with Crippen LogP contribution in [0.3, 0.4) is 0 Å². The number of nitrogens with zero attached hydrogens (tertiary/aromatic N) is 3. The molecule has 2 heterocycles. The number of nitrogens with one attached hydrogen (secondary N) is 1. The molecular formula is C14H24N4. The molecule has 0 aromatic carbocycles. The van der Waals surface area contributed by atoms with Gasteiger partial charge in [0.05, 0.1) is 0 Å². The second-order valence-electron chi connectivity index (χ2n) is 5.46. The van der Waals surface area contributed by atoms with Crippen LogP contribution in [-0.2, 0) is 0 Å². The molecule has 4 nitrogen and oxygen atoms in total. The maximum atomic E-state index is 4.38. The van der Waals surface area contributed by atoms with Gasteiger partial charge in [-0.3, -0.25) is 0 Å². The molecule has 1 N–H and O–H groups in total. The average molecular weight is 248 g/mol. The van der Waals surface area contributed by atoms with Crippen LogP contribution in [0.15, 0.2) is 18.6 Å². The Morgan fingerprint density at radius 3 is 3.06 bits per heavy atom. The maximum Gasteiger partial charge on any atom is 0.132 e. The summed E-state index contributed by atoms with van der Waals surface area (Å²) in [7, 11) is 0. The van der Waals surface area contributed by atoms with Crippen LogP contribution in [0.4, 0.5) is 5.82 Å². The van der Waals surface area contributed by atoms with Crippen molar-refractivity contribution in [1.82, 2.24) is 15.3 Å². The van der Waals surface area contributed by atoms with Gasteiger partial charge in [0.1, 0.15) is 12.1 Å². The van der Waals surface area contributed by atoms with Crippen molar-refractivity contribution in [2.75, 3.05) is 24.5 Å². The van der Waals surface area contributed by atoms with E-state index in [4.69, 9.17) is 0 Å². The minimum absolute atomic E-state index is 0.576.